The van der Waals surface area contributed by atoms with Crippen LogP contribution in [0.15, 0.2) is 0 Å². The molecule has 0 saturated carbocycles. The van der Waals surface area contributed by atoms with E-state index in [0.29, 0.717) is 12.6 Å². The molecule has 0 aromatic rings. The molecule has 1 N–H and O–H groups in total. The van der Waals surface area contributed by atoms with Crippen LogP contribution in [0.4, 0.5) is 0 Å². The summed E-state index contributed by atoms with van der Waals surface area (Å²) in [6, 6.07) is 0.534. The van der Waals surface area contributed by atoms with Gasteiger partial charge in [0.2, 0.25) is 0 Å². The SMILES string of the molecule is CCN1CCC(N(CCC(=O)O)C(C)(C)C)CC1. The van der Waals surface area contributed by atoms with Gasteiger partial charge in [-0.15, -0.1) is 0 Å². The summed E-state index contributed by atoms with van der Waals surface area (Å²) in [6.45, 7) is 12.8. The van der Waals surface area contributed by atoms with Gasteiger partial charge in [0.05, 0.1) is 6.42 Å². The quantitative estimate of drug-likeness (QED) is 0.817. The second-order valence-corrected chi connectivity index (χ2v) is 6.17. The Hall–Kier alpha value is -0.610. The molecule has 1 aliphatic heterocycles. The first kappa shape index (κ1) is 15.4. The zero-order chi connectivity index (χ0) is 13.8. The van der Waals surface area contributed by atoms with Crippen molar-refractivity contribution in [1.82, 2.24) is 9.80 Å². The van der Waals surface area contributed by atoms with Crippen molar-refractivity contribution in [3.05, 3.63) is 0 Å². The van der Waals surface area contributed by atoms with E-state index in [1.165, 1.54) is 0 Å². The Bertz CT molecular complexity index is 265. The maximum atomic E-state index is 10.8. The highest BCUT2D eigenvalue weighted by atomic mass is 16.4. The third-order valence-corrected chi connectivity index (χ3v) is 3.87. The molecule has 1 aliphatic rings. The minimum absolute atomic E-state index is 0.0501. The highest BCUT2D eigenvalue weighted by Crippen LogP contribution is 2.24. The zero-order valence-corrected chi connectivity index (χ0v) is 12.3. The molecule has 0 aromatic carbocycles. The van der Waals surface area contributed by atoms with E-state index in [2.05, 4.69) is 37.5 Å². The van der Waals surface area contributed by atoms with Crippen molar-refractivity contribution in [1.29, 1.82) is 0 Å². The summed E-state index contributed by atoms with van der Waals surface area (Å²) in [4.78, 5) is 15.6. The lowest BCUT2D eigenvalue weighted by atomic mass is 9.96. The van der Waals surface area contributed by atoms with Crippen molar-refractivity contribution in [3.8, 4) is 0 Å². The minimum Gasteiger partial charge on any atom is -0.481 e. The first-order valence-corrected chi connectivity index (χ1v) is 7.05. The van der Waals surface area contributed by atoms with Crippen LogP contribution < -0.4 is 0 Å². The van der Waals surface area contributed by atoms with E-state index in [0.717, 1.165) is 32.5 Å². The van der Waals surface area contributed by atoms with E-state index >= 15 is 0 Å². The summed E-state index contributed by atoms with van der Waals surface area (Å²) >= 11 is 0. The van der Waals surface area contributed by atoms with Gasteiger partial charge in [0.1, 0.15) is 0 Å². The number of piperidine rings is 1. The van der Waals surface area contributed by atoms with Crippen LogP contribution >= 0.6 is 0 Å². The van der Waals surface area contributed by atoms with Crippen LogP contribution in [0.25, 0.3) is 0 Å². The van der Waals surface area contributed by atoms with Gasteiger partial charge in [-0.25, -0.2) is 0 Å². The average molecular weight is 256 g/mol. The van der Waals surface area contributed by atoms with Gasteiger partial charge in [-0.3, -0.25) is 9.69 Å². The van der Waals surface area contributed by atoms with Gasteiger partial charge in [0, 0.05) is 18.1 Å². The van der Waals surface area contributed by atoms with Gasteiger partial charge in [-0.1, -0.05) is 6.92 Å². The highest BCUT2D eigenvalue weighted by molar-refractivity contribution is 5.66. The fourth-order valence-corrected chi connectivity index (χ4v) is 2.83. The Morgan fingerprint density at radius 3 is 2.28 bits per heavy atom. The number of carboxylic acids is 1. The molecule has 1 saturated heterocycles. The average Bonchev–Trinajstić information content (AvgIpc) is 2.28. The number of rotatable bonds is 5. The number of hydrogen-bond donors (Lipinski definition) is 1. The summed E-state index contributed by atoms with van der Waals surface area (Å²) in [5.74, 6) is -0.699. The highest BCUT2D eigenvalue weighted by Gasteiger charge is 2.31. The molecule has 0 aromatic heterocycles. The first-order chi connectivity index (χ1) is 8.34. The predicted molar refractivity (Wildman–Crippen MR) is 73.8 cm³/mol. The number of carboxylic acid groups (broad SMARTS) is 1. The van der Waals surface area contributed by atoms with E-state index in [1.807, 2.05) is 0 Å². The van der Waals surface area contributed by atoms with Crippen molar-refractivity contribution in [2.75, 3.05) is 26.2 Å². The minimum atomic E-state index is -0.699. The topological polar surface area (TPSA) is 43.8 Å². The van der Waals surface area contributed by atoms with Gasteiger partial charge in [-0.05, 0) is 53.2 Å². The van der Waals surface area contributed by atoms with Gasteiger partial charge >= 0.3 is 5.97 Å². The molecule has 1 fully saturated rings. The second kappa shape index (κ2) is 6.53. The van der Waals surface area contributed by atoms with Crippen LogP contribution in [0.1, 0.15) is 47.0 Å². The Kier molecular flexibility index (Phi) is 5.60. The van der Waals surface area contributed by atoms with E-state index < -0.39 is 5.97 Å². The maximum absolute atomic E-state index is 10.8. The van der Waals surface area contributed by atoms with Crippen molar-refractivity contribution < 1.29 is 9.90 Å². The molecule has 0 atom stereocenters. The van der Waals surface area contributed by atoms with Crippen molar-refractivity contribution in [3.63, 3.8) is 0 Å². The molecular weight excluding hydrogens is 228 g/mol. The van der Waals surface area contributed by atoms with Gasteiger partial charge in [0.15, 0.2) is 0 Å². The molecule has 0 amide bonds. The third kappa shape index (κ3) is 4.58. The number of aliphatic carboxylic acids is 1. The number of hydrogen-bond acceptors (Lipinski definition) is 3. The first-order valence-electron chi connectivity index (χ1n) is 7.05. The largest absolute Gasteiger partial charge is 0.481 e. The van der Waals surface area contributed by atoms with Crippen LogP contribution in [0.5, 0.6) is 0 Å². The molecule has 0 bridgehead atoms. The predicted octanol–water partition coefficient (Wildman–Crippen LogP) is 2.05. The number of nitrogens with zero attached hydrogens (tertiary/aromatic N) is 2. The molecule has 4 heteroatoms. The van der Waals surface area contributed by atoms with Crippen molar-refractivity contribution in [2.45, 2.75) is 58.5 Å². The molecule has 0 unspecified atom stereocenters. The Morgan fingerprint density at radius 1 is 1.33 bits per heavy atom. The van der Waals surface area contributed by atoms with Crippen LogP contribution in [-0.4, -0.2) is 58.6 Å². The number of carbonyl (C=O) groups is 1. The number of likely N-dealkylation sites (tertiary alicyclic amines) is 1. The normalized spacial score (nSPS) is 19.4. The van der Waals surface area contributed by atoms with Crippen LogP contribution in [0.3, 0.4) is 0 Å². The van der Waals surface area contributed by atoms with Gasteiger partial charge in [0.25, 0.3) is 0 Å². The lowest BCUT2D eigenvalue weighted by molar-refractivity contribution is -0.137. The fraction of sp³-hybridized carbons (Fsp3) is 0.929. The molecule has 18 heavy (non-hydrogen) atoms. The van der Waals surface area contributed by atoms with Crippen molar-refractivity contribution >= 4 is 5.97 Å². The summed E-state index contributed by atoms with van der Waals surface area (Å²) in [7, 11) is 0. The smallest absolute Gasteiger partial charge is 0.304 e. The zero-order valence-electron chi connectivity index (χ0n) is 12.3. The Balaban J connectivity index is 2.58. The molecule has 0 radical (unpaired) electrons. The molecule has 0 spiro atoms. The Labute approximate surface area is 111 Å². The van der Waals surface area contributed by atoms with E-state index in [1.54, 1.807) is 0 Å². The molecular formula is C14H28N2O2. The molecule has 0 aliphatic carbocycles. The van der Waals surface area contributed by atoms with Crippen molar-refractivity contribution in [2.24, 2.45) is 0 Å². The summed E-state index contributed by atoms with van der Waals surface area (Å²) in [6.07, 6.45) is 2.56. The molecule has 106 valence electrons. The molecule has 4 nitrogen and oxygen atoms in total. The van der Waals surface area contributed by atoms with Crippen LogP contribution in [0.2, 0.25) is 0 Å². The summed E-state index contributed by atoms with van der Waals surface area (Å²) in [5.41, 5.74) is 0.0501. The van der Waals surface area contributed by atoms with Gasteiger partial charge in [-0.2, -0.15) is 0 Å². The lowest BCUT2D eigenvalue weighted by Crippen LogP contribution is -2.53. The maximum Gasteiger partial charge on any atom is 0.304 e. The van der Waals surface area contributed by atoms with E-state index in [9.17, 15) is 4.79 Å². The van der Waals surface area contributed by atoms with E-state index in [4.69, 9.17) is 5.11 Å². The lowest BCUT2D eigenvalue weighted by Gasteiger charge is -2.45. The summed E-state index contributed by atoms with van der Waals surface area (Å²) < 4.78 is 0. The fourth-order valence-electron chi connectivity index (χ4n) is 2.83. The van der Waals surface area contributed by atoms with E-state index in [-0.39, 0.29) is 12.0 Å². The third-order valence-electron chi connectivity index (χ3n) is 3.87. The van der Waals surface area contributed by atoms with Gasteiger partial charge < -0.3 is 10.0 Å². The Morgan fingerprint density at radius 2 is 1.89 bits per heavy atom. The molecule has 1 rings (SSSR count). The standard InChI is InChI=1S/C14H28N2O2/c1-5-15-9-6-12(7-10-15)16(14(2,3)4)11-8-13(17)18/h12H,5-11H2,1-4H3,(H,17,18). The monoisotopic (exact) mass is 256 g/mol. The van der Waals surface area contributed by atoms with Crippen LogP contribution in [-0.2, 0) is 4.79 Å². The second-order valence-electron chi connectivity index (χ2n) is 6.17. The van der Waals surface area contributed by atoms with Crippen LogP contribution in [0, 0.1) is 0 Å². The summed E-state index contributed by atoms with van der Waals surface area (Å²) in [5, 5.41) is 8.87. The molecule has 1 heterocycles.